The van der Waals surface area contributed by atoms with Crippen LogP contribution in [0.3, 0.4) is 0 Å². The highest BCUT2D eigenvalue weighted by Crippen LogP contribution is 2.40. The molecular weight excluding hydrogens is 366 g/mol. The molecule has 6 nitrogen and oxygen atoms in total. The second kappa shape index (κ2) is 8.74. The summed E-state index contributed by atoms with van der Waals surface area (Å²) >= 11 is 0. The summed E-state index contributed by atoms with van der Waals surface area (Å²) in [6.45, 7) is 4.72. The van der Waals surface area contributed by atoms with Crippen LogP contribution in [0.5, 0.6) is 11.5 Å². The van der Waals surface area contributed by atoms with Crippen LogP contribution in [0.1, 0.15) is 36.9 Å². The molecule has 2 N–H and O–H groups in total. The Labute approximate surface area is 172 Å². The van der Waals surface area contributed by atoms with E-state index < -0.39 is 0 Å². The molecule has 0 spiro atoms. The Bertz CT molecular complexity index is 848. The molecule has 2 aromatic carbocycles. The fourth-order valence-electron chi connectivity index (χ4n) is 4.03. The minimum absolute atomic E-state index is 0.0349. The van der Waals surface area contributed by atoms with E-state index in [0.29, 0.717) is 6.79 Å². The molecule has 0 saturated carbocycles. The first-order valence-corrected chi connectivity index (χ1v) is 10.2. The monoisotopic (exact) mass is 395 g/mol. The number of hydrogen-bond donors (Lipinski definition) is 2. The third kappa shape index (κ3) is 4.32. The summed E-state index contributed by atoms with van der Waals surface area (Å²) in [6.07, 6.45) is 1.90. The fraction of sp³-hybridized carbons (Fsp3) is 0.435. The van der Waals surface area contributed by atoms with E-state index in [2.05, 4.69) is 58.9 Å². The summed E-state index contributed by atoms with van der Waals surface area (Å²) in [4.78, 5) is 4.44. The van der Waals surface area contributed by atoms with E-state index in [9.17, 15) is 0 Å². The van der Waals surface area contributed by atoms with Crippen LogP contribution in [-0.2, 0) is 10.2 Å². The number of nitrogens with zero attached hydrogens (tertiary/aromatic N) is 1. The Morgan fingerprint density at radius 2 is 1.83 bits per heavy atom. The molecule has 0 aliphatic carbocycles. The van der Waals surface area contributed by atoms with Crippen LogP contribution in [0.2, 0.25) is 0 Å². The molecule has 2 aliphatic heterocycles. The van der Waals surface area contributed by atoms with Gasteiger partial charge in [0.15, 0.2) is 17.5 Å². The predicted octanol–water partition coefficient (Wildman–Crippen LogP) is 3.39. The maximum Gasteiger partial charge on any atom is 0.231 e. The van der Waals surface area contributed by atoms with E-state index in [0.717, 1.165) is 50.1 Å². The van der Waals surface area contributed by atoms with Crippen molar-refractivity contribution in [1.29, 1.82) is 0 Å². The van der Waals surface area contributed by atoms with E-state index in [1.807, 2.05) is 19.2 Å². The predicted molar refractivity (Wildman–Crippen MR) is 114 cm³/mol. The number of nitrogens with one attached hydrogen (secondary N) is 2. The number of fused-ring (bicyclic) bond motifs is 1. The maximum absolute atomic E-state index is 5.66. The van der Waals surface area contributed by atoms with Gasteiger partial charge >= 0.3 is 0 Å². The number of ether oxygens (including phenoxy) is 3. The first-order valence-electron chi connectivity index (χ1n) is 10.2. The molecule has 0 radical (unpaired) electrons. The highest BCUT2D eigenvalue weighted by atomic mass is 16.7. The molecule has 29 heavy (non-hydrogen) atoms. The molecule has 154 valence electrons. The SMILES string of the molecule is CN=C(NCC1(c2ccc3c(c2)OCO3)CCOCC1)NC(C)c1ccccc1. The lowest BCUT2D eigenvalue weighted by molar-refractivity contribution is 0.0513. The van der Waals surface area contributed by atoms with Crippen molar-refractivity contribution in [3.05, 3.63) is 59.7 Å². The molecule has 0 amide bonds. The van der Waals surface area contributed by atoms with Crippen molar-refractivity contribution >= 4 is 5.96 Å². The third-order valence-electron chi connectivity index (χ3n) is 5.91. The number of benzene rings is 2. The lowest BCUT2D eigenvalue weighted by atomic mass is 9.74. The van der Waals surface area contributed by atoms with Crippen LogP contribution in [-0.4, -0.2) is 39.6 Å². The van der Waals surface area contributed by atoms with E-state index in [1.165, 1.54) is 11.1 Å². The summed E-state index contributed by atoms with van der Waals surface area (Å²) in [5, 5.41) is 7.05. The maximum atomic E-state index is 5.66. The Morgan fingerprint density at radius 1 is 1.07 bits per heavy atom. The summed E-state index contributed by atoms with van der Waals surface area (Å²) in [6, 6.07) is 16.8. The molecule has 2 aromatic rings. The molecular formula is C23H29N3O3. The second-order valence-corrected chi connectivity index (χ2v) is 7.66. The minimum Gasteiger partial charge on any atom is -0.454 e. The second-order valence-electron chi connectivity index (χ2n) is 7.66. The van der Waals surface area contributed by atoms with Gasteiger partial charge in [-0.25, -0.2) is 0 Å². The molecule has 0 aromatic heterocycles. The highest BCUT2D eigenvalue weighted by Gasteiger charge is 2.36. The van der Waals surface area contributed by atoms with E-state index in [-0.39, 0.29) is 11.5 Å². The summed E-state index contributed by atoms with van der Waals surface area (Å²) < 4.78 is 16.8. The molecule has 1 unspecified atom stereocenters. The van der Waals surface area contributed by atoms with Gasteiger partial charge in [-0.05, 0) is 43.0 Å². The van der Waals surface area contributed by atoms with Crippen LogP contribution < -0.4 is 20.1 Å². The van der Waals surface area contributed by atoms with Crippen LogP contribution in [0.25, 0.3) is 0 Å². The lowest BCUT2D eigenvalue weighted by Gasteiger charge is -2.38. The van der Waals surface area contributed by atoms with Crippen molar-refractivity contribution in [3.8, 4) is 11.5 Å². The molecule has 1 atom stereocenters. The van der Waals surface area contributed by atoms with Gasteiger partial charge in [0.05, 0.1) is 6.04 Å². The van der Waals surface area contributed by atoms with Gasteiger partial charge in [-0.15, -0.1) is 0 Å². The highest BCUT2D eigenvalue weighted by molar-refractivity contribution is 5.80. The Hall–Kier alpha value is -2.73. The molecule has 1 fully saturated rings. The first-order chi connectivity index (χ1) is 14.2. The lowest BCUT2D eigenvalue weighted by Crippen LogP contribution is -2.48. The summed E-state index contributed by atoms with van der Waals surface area (Å²) in [5.41, 5.74) is 2.45. The van der Waals surface area contributed by atoms with Crippen molar-refractivity contribution in [1.82, 2.24) is 10.6 Å². The molecule has 2 aliphatic rings. The molecule has 0 bridgehead atoms. The molecule has 6 heteroatoms. The summed E-state index contributed by atoms with van der Waals surface area (Å²) in [5.74, 6) is 2.44. The Balaban J connectivity index is 1.48. The van der Waals surface area contributed by atoms with Crippen LogP contribution in [0.15, 0.2) is 53.5 Å². The van der Waals surface area contributed by atoms with Gasteiger partial charge in [0.1, 0.15) is 0 Å². The number of aliphatic imine (C=N–C) groups is 1. The quantitative estimate of drug-likeness (QED) is 0.600. The van der Waals surface area contributed by atoms with Crippen molar-refractivity contribution in [2.24, 2.45) is 4.99 Å². The standard InChI is InChI=1S/C23H29N3O3/c1-17(18-6-4-3-5-7-18)26-22(24-2)25-15-23(10-12-27-13-11-23)19-8-9-20-21(14-19)29-16-28-20/h3-9,14,17H,10-13,15-16H2,1-2H3,(H2,24,25,26). The molecule has 4 rings (SSSR count). The van der Waals surface area contributed by atoms with Gasteiger partial charge in [0, 0.05) is 32.2 Å². The largest absolute Gasteiger partial charge is 0.454 e. The minimum atomic E-state index is -0.0349. The number of hydrogen-bond acceptors (Lipinski definition) is 4. The number of rotatable bonds is 5. The zero-order valence-corrected chi connectivity index (χ0v) is 17.1. The number of guanidine groups is 1. The van der Waals surface area contributed by atoms with Crippen LogP contribution in [0, 0.1) is 0 Å². The zero-order valence-electron chi connectivity index (χ0n) is 17.1. The Morgan fingerprint density at radius 3 is 2.59 bits per heavy atom. The van der Waals surface area contributed by atoms with Gasteiger partial charge in [-0.1, -0.05) is 36.4 Å². The van der Waals surface area contributed by atoms with E-state index >= 15 is 0 Å². The van der Waals surface area contributed by atoms with Gasteiger partial charge < -0.3 is 24.8 Å². The summed E-state index contributed by atoms with van der Waals surface area (Å²) in [7, 11) is 1.81. The molecule has 1 saturated heterocycles. The van der Waals surface area contributed by atoms with Crippen molar-refractivity contribution in [3.63, 3.8) is 0 Å². The van der Waals surface area contributed by atoms with E-state index in [1.54, 1.807) is 0 Å². The average Bonchev–Trinajstić information content (AvgIpc) is 3.25. The third-order valence-corrected chi connectivity index (χ3v) is 5.91. The molecule has 2 heterocycles. The smallest absolute Gasteiger partial charge is 0.231 e. The van der Waals surface area contributed by atoms with Gasteiger partial charge in [-0.3, -0.25) is 4.99 Å². The van der Waals surface area contributed by atoms with Gasteiger partial charge in [0.25, 0.3) is 0 Å². The van der Waals surface area contributed by atoms with Crippen LogP contribution in [0.4, 0.5) is 0 Å². The topological polar surface area (TPSA) is 64.1 Å². The van der Waals surface area contributed by atoms with Crippen LogP contribution >= 0.6 is 0 Å². The first kappa shape index (κ1) is 19.6. The van der Waals surface area contributed by atoms with Crippen molar-refractivity contribution in [2.45, 2.75) is 31.2 Å². The van der Waals surface area contributed by atoms with Gasteiger partial charge in [-0.2, -0.15) is 0 Å². The fourth-order valence-corrected chi connectivity index (χ4v) is 4.03. The zero-order chi connectivity index (χ0) is 20.1. The normalized spacial score (nSPS) is 18.9. The Kier molecular flexibility index (Phi) is 5.90. The van der Waals surface area contributed by atoms with Gasteiger partial charge in [0.2, 0.25) is 6.79 Å². The van der Waals surface area contributed by atoms with E-state index in [4.69, 9.17) is 14.2 Å². The van der Waals surface area contributed by atoms with Crippen molar-refractivity contribution in [2.75, 3.05) is 33.6 Å². The average molecular weight is 396 g/mol. The van der Waals surface area contributed by atoms with Crippen molar-refractivity contribution < 1.29 is 14.2 Å².